The van der Waals surface area contributed by atoms with Gasteiger partial charge in [-0.1, -0.05) is 6.92 Å². The number of hydrogen-bond acceptors (Lipinski definition) is 4. The summed E-state index contributed by atoms with van der Waals surface area (Å²) in [6.45, 7) is 3.73. The second-order valence-electron chi connectivity index (χ2n) is 3.32. The molecule has 3 nitrogen and oxygen atoms in total. The maximum absolute atomic E-state index is 8.74. The van der Waals surface area contributed by atoms with Crippen LogP contribution in [0.2, 0.25) is 0 Å². The molecule has 0 aliphatic heterocycles. The quantitative estimate of drug-likeness (QED) is 0.881. The highest BCUT2D eigenvalue weighted by atomic mass is 32.1. The maximum Gasteiger partial charge on any atom is 0.144 e. The molecule has 0 aliphatic rings. The minimum atomic E-state index is 0.708. The molecule has 4 heteroatoms. The SMILES string of the molecule is CCNCc1ccc(-c2ccc(C#N)s2)o1. The van der Waals surface area contributed by atoms with E-state index >= 15 is 0 Å². The van der Waals surface area contributed by atoms with Crippen molar-refractivity contribution in [1.82, 2.24) is 5.32 Å². The number of rotatable bonds is 4. The lowest BCUT2D eigenvalue weighted by molar-refractivity contribution is 0.499. The summed E-state index contributed by atoms with van der Waals surface area (Å²) in [6, 6.07) is 9.76. The Kier molecular flexibility index (Phi) is 3.40. The summed E-state index contributed by atoms with van der Waals surface area (Å²) >= 11 is 1.45. The van der Waals surface area contributed by atoms with Gasteiger partial charge in [0, 0.05) is 0 Å². The lowest BCUT2D eigenvalue weighted by Gasteiger charge is -1.96. The Hall–Kier alpha value is -1.57. The first kappa shape index (κ1) is 10.9. The van der Waals surface area contributed by atoms with Crippen LogP contribution in [0.3, 0.4) is 0 Å². The van der Waals surface area contributed by atoms with Crippen LogP contribution in [-0.4, -0.2) is 6.54 Å². The van der Waals surface area contributed by atoms with Crippen molar-refractivity contribution in [2.45, 2.75) is 13.5 Å². The van der Waals surface area contributed by atoms with Gasteiger partial charge in [-0.15, -0.1) is 11.3 Å². The number of hydrogen-bond donors (Lipinski definition) is 1. The molecule has 2 aromatic heterocycles. The second kappa shape index (κ2) is 4.97. The van der Waals surface area contributed by atoms with Crippen LogP contribution in [0.5, 0.6) is 0 Å². The van der Waals surface area contributed by atoms with E-state index < -0.39 is 0 Å². The molecule has 0 bridgehead atoms. The molecule has 1 N–H and O–H groups in total. The van der Waals surface area contributed by atoms with Crippen molar-refractivity contribution >= 4 is 11.3 Å². The zero-order valence-electron chi connectivity index (χ0n) is 8.99. The van der Waals surface area contributed by atoms with E-state index in [1.165, 1.54) is 11.3 Å². The fourth-order valence-electron chi connectivity index (χ4n) is 1.38. The molecule has 0 atom stereocenters. The maximum atomic E-state index is 8.74. The lowest BCUT2D eigenvalue weighted by atomic mass is 10.3. The molecule has 0 saturated carbocycles. The van der Waals surface area contributed by atoms with Gasteiger partial charge in [-0.25, -0.2) is 0 Å². The molecular weight excluding hydrogens is 220 g/mol. The zero-order chi connectivity index (χ0) is 11.4. The second-order valence-corrected chi connectivity index (χ2v) is 4.41. The normalized spacial score (nSPS) is 10.2. The molecule has 0 radical (unpaired) electrons. The summed E-state index contributed by atoms with van der Waals surface area (Å²) in [5, 5.41) is 11.9. The van der Waals surface area contributed by atoms with Crippen molar-refractivity contribution in [3.05, 3.63) is 34.9 Å². The van der Waals surface area contributed by atoms with E-state index in [2.05, 4.69) is 18.3 Å². The van der Waals surface area contributed by atoms with Crippen molar-refractivity contribution in [3.8, 4) is 16.7 Å². The molecule has 82 valence electrons. The largest absolute Gasteiger partial charge is 0.459 e. The smallest absolute Gasteiger partial charge is 0.144 e. The summed E-state index contributed by atoms with van der Waals surface area (Å²) in [6.07, 6.45) is 0. The van der Waals surface area contributed by atoms with Crippen LogP contribution >= 0.6 is 11.3 Å². The average molecular weight is 232 g/mol. The predicted octanol–water partition coefficient (Wildman–Crippen LogP) is 2.99. The van der Waals surface area contributed by atoms with Gasteiger partial charge in [-0.2, -0.15) is 5.26 Å². The first-order chi connectivity index (χ1) is 7.83. The van der Waals surface area contributed by atoms with Crippen molar-refractivity contribution in [3.63, 3.8) is 0 Å². The Bertz CT molecular complexity index is 507. The number of furan rings is 1. The standard InChI is InChI=1S/C12H12N2OS/c1-2-14-8-9-3-5-11(15-9)12-6-4-10(7-13)16-12/h3-6,14H,2,8H2,1H3. The summed E-state index contributed by atoms with van der Waals surface area (Å²) in [7, 11) is 0. The third-order valence-electron chi connectivity index (χ3n) is 2.17. The van der Waals surface area contributed by atoms with Crippen LogP contribution < -0.4 is 5.32 Å². The van der Waals surface area contributed by atoms with Gasteiger partial charge in [0.2, 0.25) is 0 Å². The highest BCUT2D eigenvalue weighted by molar-refractivity contribution is 7.15. The fraction of sp³-hybridized carbons (Fsp3) is 0.250. The first-order valence-corrected chi connectivity index (χ1v) is 5.95. The van der Waals surface area contributed by atoms with Gasteiger partial charge in [0.25, 0.3) is 0 Å². The van der Waals surface area contributed by atoms with E-state index in [4.69, 9.17) is 9.68 Å². The van der Waals surface area contributed by atoms with Gasteiger partial charge in [-0.05, 0) is 30.8 Å². The van der Waals surface area contributed by atoms with Crippen LogP contribution in [0.15, 0.2) is 28.7 Å². The van der Waals surface area contributed by atoms with Crippen LogP contribution in [0, 0.1) is 11.3 Å². The molecule has 0 saturated heterocycles. The average Bonchev–Trinajstić information content (AvgIpc) is 2.94. The van der Waals surface area contributed by atoms with Gasteiger partial charge in [-0.3, -0.25) is 0 Å². The van der Waals surface area contributed by atoms with E-state index in [1.54, 1.807) is 0 Å². The Morgan fingerprint density at radius 1 is 1.38 bits per heavy atom. The summed E-state index contributed by atoms with van der Waals surface area (Å²) in [5.74, 6) is 1.75. The van der Waals surface area contributed by atoms with E-state index in [-0.39, 0.29) is 0 Å². The molecule has 2 aromatic rings. The fourth-order valence-corrected chi connectivity index (χ4v) is 2.15. The Balaban J connectivity index is 2.15. The molecule has 0 amide bonds. The predicted molar refractivity (Wildman–Crippen MR) is 64.1 cm³/mol. The van der Waals surface area contributed by atoms with Crippen LogP contribution in [0.1, 0.15) is 17.6 Å². The molecule has 16 heavy (non-hydrogen) atoms. The highest BCUT2D eigenvalue weighted by Gasteiger charge is 2.07. The first-order valence-electron chi connectivity index (χ1n) is 5.13. The molecular formula is C12H12N2OS. The Morgan fingerprint density at radius 2 is 2.25 bits per heavy atom. The van der Waals surface area contributed by atoms with Gasteiger partial charge in [0.05, 0.1) is 11.4 Å². The summed E-state index contributed by atoms with van der Waals surface area (Å²) in [5.41, 5.74) is 0. The zero-order valence-corrected chi connectivity index (χ0v) is 9.80. The van der Waals surface area contributed by atoms with E-state index in [1.807, 2.05) is 24.3 Å². The molecule has 0 aliphatic carbocycles. The van der Waals surface area contributed by atoms with E-state index in [0.29, 0.717) is 4.88 Å². The third-order valence-corrected chi connectivity index (χ3v) is 3.17. The molecule has 0 aromatic carbocycles. The Morgan fingerprint density at radius 3 is 2.94 bits per heavy atom. The van der Waals surface area contributed by atoms with E-state index in [9.17, 15) is 0 Å². The number of nitrogens with one attached hydrogen (secondary N) is 1. The topological polar surface area (TPSA) is 49.0 Å². The highest BCUT2D eigenvalue weighted by Crippen LogP contribution is 2.29. The van der Waals surface area contributed by atoms with Gasteiger partial charge < -0.3 is 9.73 Å². The molecule has 0 unspecified atom stereocenters. The van der Waals surface area contributed by atoms with Gasteiger partial charge >= 0.3 is 0 Å². The number of nitrogens with zero attached hydrogens (tertiary/aromatic N) is 1. The van der Waals surface area contributed by atoms with Crippen LogP contribution in [0.25, 0.3) is 10.6 Å². The van der Waals surface area contributed by atoms with Crippen LogP contribution in [0.4, 0.5) is 0 Å². The van der Waals surface area contributed by atoms with Gasteiger partial charge in [0.15, 0.2) is 0 Å². The minimum Gasteiger partial charge on any atom is -0.459 e. The Labute approximate surface area is 98.3 Å². The van der Waals surface area contributed by atoms with Crippen LogP contribution in [-0.2, 0) is 6.54 Å². The lowest BCUT2D eigenvalue weighted by Crippen LogP contribution is -2.10. The summed E-state index contributed by atoms with van der Waals surface area (Å²) in [4.78, 5) is 1.71. The molecule has 0 spiro atoms. The molecule has 0 fully saturated rings. The van der Waals surface area contributed by atoms with Crippen molar-refractivity contribution in [2.24, 2.45) is 0 Å². The van der Waals surface area contributed by atoms with Crippen molar-refractivity contribution in [1.29, 1.82) is 5.26 Å². The number of thiophene rings is 1. The van der Waals surface area contributed by atoms with Crippen molar-refractivity contribution < 1.29 is 4.42 Å². The van der Waals surface area contributed by atoms with Gasteiger partial charge in [0.1, 0.15) is 22.5 Å². The number of nitriles is 1. The summed E-state index contributed by atoms with van der Waals surface area (Å²) < 4.78 is 5.67. The third kappa shape index (κ3) is 2.32. The minimum absolute atomic E-state index is 0.708. The monoisotopic (exact) mass is 232 g/mol. The molecule has 2 rings (SSSR count). The molecule has 2 heterocycles. The van der Waals surface area contributed by atoms with E-state index in [0.717, 1.165) is 29.5 Å². The van der Waals surface area contributed by atoms with Crippen molar-refractivity contribution in [2.75, 3.05) is 6.54 Å².